The number of hydrogen-bond donors (Lipinski definition) is 1. The zero-order chi connectivity index (χ0) is 17.5. The summed E-state index contributed by atoms with van der Waals surface area (Å²) in [6.07, 6.45) is 0. The standard InChI is InChI=1S/C14H24N6O2S/c1-8(2)13-15-14(19(7)17-13)18-23(21,22)12-10(5)16-20(9(3)4)11(12)6/h8-9H,1-7H3,(H,15,17,18). The van der Waals surface area contributed by atoms with Gasteiger partial charge in [0.1, 0.15) is 4.90 Å². The van der Waals surface area contributed by atoms with Crippen molar-refractivity contribution in [3.63, 3.8) is 0 Å². The monoisotopic (exact) mass is 340 g/mol. The first-order chi connectivity index (χ1) is 10.5. The lowest BCUT2D eigenvalue weighted by Crippen LogP contribution is -2.18. The molecule has 1 N–H and O–H groups in total. The van der Waals surface area contributed by atoms with Crippen LogP contribution in [-0.2, 0) is 17.1 Å². The zero-order valence-corrected chi connectivity index (χ0v) is 15.4. The lowest BCUT2D eigenvalue weighted by Gasteiger charge is -2.09. The Hall–Kier alpha value is -1.90. The Morgan fingerprint density at radius 1 is 1.09 bits per heavy atom. The molecule has 2 rings (SSSR count). The maximum atomic E-state index is 12.8. The number of nitrogens with zero attached hydrogens (tertiary/aromatic N) is 5. The van der Waals surface area contributed by atoms with Crippen LogP contribution in [0.1, 0.15) is 56.9 Å². The third kappa shape index (κ3) is 3.24. The Labute approximate surface area is 137 Å². The number of anilines is 1. The number of rotatable bonds is 5. The predicted octanol–water partition coefficient (Wildman–Crippen LogP) is 2.13. The quantitative estimate of drug-likeness (QED) is 0.900. The number of aryl methyl sites for hydroxylation is 2. The minimum Gasteiger partial charge on any atom is -0.266 e. The molecule has 0 aliphatic carbocycles. The van der Waals surface area contributed by atoms with Crippen molar-refractivity contribution in [3.05, 3.63) is 17.2 Å². The average molecular weight is 340 g/mol. The summed E-state index contributed by atoms with van der Waals surface area (Å²) < 4.78 is 31.2. The molecule has 0 aliphatic rings. The van der Waals surface area contributed by atoms with Gasteiger partial charge < -0.3 is 0 Å². The first-order valence-corrected chi connectivity index (χ1v) is 9.02. The fourth-order valence-corrected chi connectivity index (χ4v) is 3.88. The first kappa shape index (κ1) is 17.5. The molecule has 0 unspecified atom stereocenters. The maximum absolute atomic E-state index is 12.8. The van der Waals surface area contributed by atoms with Crippen molar-refractivity contribution in [2.45, 2.75) is 58.4 Å². The summed E-state index contributed by atoms with van der Waals surface area (Å²) in [6.45, 7) is 11.3. The van der Waals surface area contributed by atoms with Crippen molar-refractivity contribution < 1.29 is 8.42 Å². The van der Waals surface area contributed by atoms with Gasteiger partial charge in [0.2, 0.25) is 5.95 Å². The van der Waals surface area contributed by atoms with E-state index < -0.39 is 10.0 Å². The molecule has 0 bridgehead atoms. The summed E-state index contributed by atoms with van der Waals surface area (Å²) in [6, 6.07) is 0.0834. The highest BCUT2D eigenvalue weighted by atomic mass is 32.2. The minimum atomic E-state index is -3.78. The van der Waals surface area contributed by atoms with E-state index in [1.165, 1.54) is 4.68 Å². The normalized spacial score (nSPS) is 12.4. The molecule has 23 heavy (non-hydrogen) atoms. The molecular formula is C14H24N6O2S. The molecule has 9 heteroatoms. The van der Waals surface area contributed by atoms with Crippen LogP contribution in [0.3, 0.4) is 0 Å². The summed E-state index contributed by atoms with van der Waals surface area (Å²) >= 11 is 0. The third-order valence-electron chi connectivity index (χ3n) is 3.54. The molecule has 2 heterocycles. The Balaban J connectivity index is 2.44. The van der Waals surface area contributed by atoms with E-state index in [2.05, 4.69) is 19.9 Å². The Kier molecular flexibility index (Phi) is 4.52. The highest BCUT2D eigenvalue weighted by Gasteiger charge is 2.27. The minimum absolute atomic E-state index is 0.0834. The number of hydrogen-bond acceptors (Lipinski definition) is 5. The van der Waals surface area contributed by atoms with Gasteiger partial charge in [-0.15, -0.1) is 0 Å². The van der Waals surface area contributed by atoms with Gasteiger partial charge in [0.25, 0.3) is 10.0 Å². The van der Waals surface area contributed by atoms with E-state index in [1.54, 1.807) is 25.6 Å². The van der Waals surface area contributed by atoms with Crippen molar-refractivity contribution >= 4 is 16.0 Å². The van der Waals surface area contributed by atoms with Gasteiger partial charge in [-0.1, -0.05) is 13.8 Å². The van der Waals surface area contributed by atoms with Crippen LogP contribution < -0.4 is 4.72 Å². The summed E-state index contributed by atoms with van der Waals surface area (Å²) in [5.41, 5.74) is 1.08. The van der Waals surface area contributed by atoms with Gasteiger partial charge in [-0.2, -0.15) is 15.2 Å². The van der Waals surface area contributed by atoms with E-state index >= 15 is 0 Å². The smallest absolute Gasteiger partial charge is 0.266 e. The summed E-state index contributed by atoms with van der Waals surface area (Å²) in [4.78, 5) is 4.45. The molecule has 128 valence electrons. The van der Waals surface area contributed by atoms with Gasteiger partial charge in [-0.25, -0.2) is 17.8 Å². The summed E-state index contributed by atoms with van der Waals surface area (Å²) in [5, 5.41) is 8.55. The van der Waals surface area contributed by atoms with Gasteiger partial charge in [0.15, 0.2) is 5.82 Å². The van der Waals surface area contributed by atoms with Crippen molar-refractivity contribution in [2.75, 3.05) is 4.72 Å². The molecule has 2 aromatic heterocycles. The van der Waals surface area contributed by atoms with Gasteiger partial charge in [-0.3, -0.25) is 4.68 Å². The number of nitrogens with one attached hydrogen (secondary N) is 1. The molecule has 0 spiro atoms. The third-order valence-corrected chi connectivity index (χ3v) is 5.12. The lowest BCUT2D eigenvalue weighted by molar-refractivity contribution is 0.514. The van der Waals surface area contributed by atoms with Crippen LogP contribution in [0.4, 0.5) is 5.95 Å². The average Bonchev–Trinajstić information content (AvgIpc) is 2.90. The maximum Gasteiger partial charge on any atom is 0.267 e. The van der Waals surface area contributed by atoms with Gasteiger partial charge in [-0.05, 0) is 27.7 Å². The van der Waals surface area contributed by atoms with Crippen molar-refractivity contribution in [3.8, 4) is 0 Å². The molecule has 0 radical (unpaired) electrons. The second-order valence-electron chi connectivity index (χ2n) is 6.22. The Bertz CT molecular complexity index is 817. The number of sulfonamides is 1. The second kappa shape index (κ2) is 5.95. The molecule has 2 aromatic rings. The van der Waals surface area contributed by atoms with Crippen LogP contribution in [0.5, 0.6) is 0 Å². The second-order valence-corrected chi connectivity index (χ2v) is 7.83. The fourth-order valence-electron chi connectivity index (χ4n) is 2.45. The highest BCUT2D eigenvalue weighted by Crippen LogP contribution is 2.24. The van der Waals surface area contributed by atoms with Crippen LogP contribution in [0.25, 0.3) is 0 Å². The van der Waals surface area contributed by atoms with E-state index in [0.717, 1.165) is 0 Å². The number of aromatic nitrogens is 5. The zero-order valence-electron chi connectivity index (χ0n) is 14.6. The van der Waals surface area contributed by atoms with Gasteiger partial charge >= 0.3 is 0 Å². The molecule has 0 saturated carbocycles. The molecule has 8 nitrogen and oxygen atoms in total. The van der Waals surface area contributed by atoms with Gasteiger partial charge in [0, 0.05) is 19.0 Å². The molecule has 0 amide bonds. The van der Waals surface area contributed by atoms with E-state index in [4.69, 9.17) is 0 Å². The summed E-state index contributed by atoms with van der Waals surface area (Å²) in [5.74, 6) is 0.910. The molecule has 0 aliphatic heterocycles. The van der Waals surface area contributed by atoms with Crippen LogP contribution in [-0.4, -0.2) is 33.0 Å². The Morgan fingerprint density at radius 3 is 2.13 bits per heavy atom. The largest absolute Gasteiger partial charge is 0.267 e. The van der Waals surface area contributed by atoms with Crippen molar-refractivity contribution in [1.82, 2.24) is 24.5 Å². The van der Waals surface area contributed by atoms with E-state index in [0.29, 0.717) is 17.2 Å². The topological polar surface area (TPSA) is 94.7 Å². The van der Waals surface area contributed by atoms with Gasteiger partial charge in [0.05, 0.1) is 11.4 Å². The molecule has 0 aromatic carbocycles. The lowest BCUT2D eigenvalue weighted by atomic mass is 10.2. The molecule has 0 fully saturated rings. The van der Waals surface area contributed by atoms with Crippen LogP contribution in [0.15, 0.2) is 4.90 Å². The van der Waals surface area contributed by atoms with E-state index in [9.17, 15) is 8.42 Å². The van der Waals surface area contributed by atoms with E-state index in [1.807, 2.05) is 27.7 Å². The molecular weight excluding hydrogens is 316 g/mol. The SMILES string of the molecule is Cc1nn(C(C)C)c(C)c1S(=O)(=O)Nc1nc(C(C)C)nn1C. The van der Waals surface area contributed by atoms with E-state index in [-0.39, 0.29) is 22.8 Å². The van der Waals surface area contributed by atoms with Crippen LogP contribution in [0, 0.1) is 13.8 Å². The van der Waals surface area contributed by atoms with Crippen LogP contribution >= 0.6 is 0 Å². The van der Waals surface area contributed by atoms with Crippen molar-refractivity contribution in [1.29, 1.82) is 0 Å². The molecule has 0 saturated heterocycles. The summed E-state index contributed by atoms with van der Waals surface area (Å²) in [7, 11) is -2.12. The first-order valence-electron chi connectivity index (χ1n) is 7.54. The predicted molar refractivity (Wildman–Crippen MR) is 88.0 cm³/mol. The van der Waals surface area contributed by atoms with Crippen molar-refractivity contribution in [2.24, 2.45) is 7.05 Å². The van der Waals surface area contributed by atoms with Crippen LogP contribution in [0.2, 0.25) is 0 Å². The Morgan fingerprint density at radius 2 is 1.70 bits per heavy atom. The highest BCUT2D eigenvalue weighted by molar-refractivity contribution is 7.92. The molecule has 0 atom stereocenters. The fraction of sp³-hybridized carbons (Fsp3) is 0.643.